The molecule has 128 valence electrons. The molecule has 0 radical (unpaired) electrons. The van der Waals surface area contributed by atoms with E-state index in [-0.39, 0.29) is 10.7 Å². The molecule has 1 aliphatic rings. The minimum absolute atomic E-state index is 0.0975. The van der Waals surface area contributed by atoms with Crippen LogP contribution in [0.25, 0.3) is 0 Å². The van der Waals surface area contributed by atoms with Gasteiger partial charge in [0.15, 0.2) is 0 Å². The van der Waals surface area contributed by atoms with E-state index in [1.54, 1.807) is 25.1 Å². The summed E-state index contributed by atoms with van der Waals surface area (Å²) in [6.07, 6.45) is 2.42. The van der Waals surface area contributed by atoms with Crippen LogP contribution in [0.5, 0.6) is 0 Å². The predicted molar refractivity (Wildman–Crippen MR) is 88.6 cm³/mol. The van der Waals surface area contributed by atoms with E-state index in [0.29, 0.717) is 30.4 Å². The predicted octanol–water partition coefficient (Wildman–Crippen LogP) is 3.26. The lowest BCUT2D eigenvalue weighted by Gasteiger charge is -2.11. The molecule has 0 saturated heterocycles. The molecule has 0 aliphatic heterocycles. The van der Waals surface area contributed by atoms with E-state index < -0.39 is 15.8 Å². The molecule has 1 aromatic heterocycles. The summed E-state index contributed by atoms with van der Waals surface area (Å²) in [4.78, 5) is 4.15. The Kier molecular flexibility index (Phi) is 4.82. The van der Waals surface area contributed by atoms with Crippen molar-refractivity contribution in [1.82, 2.24) is 4.98 Å². The van der Waals surface area contributed by atoms with Crippen molar-refractivity contribution in [2.75, 3.05) is 11.3 Å². The molecular formula is C17H19FN2O3S. The number of aryl methyl sites for hydroxylation is 1. The van der Waals surface area contributed by atoms with Gasteiger partial charge in [-0.15, -0.1) is 0 Å². The van der Waals surface area contributed by atoms with Gasteiger partial charge in [0.05, 0.1) is 17.2 Å². The number of ether oxygens (including phenoxy) is 1. The van der Waals surface area contributed by atoms with Crippen LogP contribution >= 0.6 is 0 Å². The SMILES string of the molecule is Cc1ccc(F)cc1S(=O)(=O)Nc1cccc(COCC2CC2)n1. The number of anilines is 1. The second kappa shape index (κ2) is 6.86. The Labute approximate surface area is 140 Å². The number of aromatic nitrogens is 1. The van der Waals surface area contributed by atoms with Gasteiger partial charge in [-0.1, -0.05) is 12.1 Å². The van der Waals surface area contributed by atoms with Gasteiger partial charge in [0.1, 0.15) is 11.6 Å². The topological polar surface area (TPSA) is 68.3 Å². The lowest BCUT2D eigenvalue weighted by Crippen LogP contribution is -2.16. The maximum Gasteiger partial charge on any atom is 0.263 e. The largest absolute Gasteiger partial charge is 0.375 e. The molecule has 7 heteroatoms. The Morgan fingerprint density at radius 3 is 2.83 bits per heavy atom. The molecule has 0 bridgehead atoms. The molecular weight excluding hydrogens is 331 g/mol. The fourth-order valence-corrected chi connectivity index (χ4v) is 3.55. The van der Waals surface area contributed by atoms with Gasteiger partial charge in [0.2, 0.25) is 0 Å². The normalized spacial score (nSPS) is 14.6. The lowest BCUT2D eigenvalue weighted by molar-refractivity contribution is 0.109. The molecule has 1 aromatic carbocycles. The molecule has 24 heavy (non-hydrogen) atoms. The molecule has 5 nitrogen and oxygen atoms in total. The minimum atomic E-state index is -3.90. The molecule has 2 aromatic rings. The van der Waals surface area contributed by atoms with Gasteiger partial charge in [-0.05, 0) is 55.5 Å². The second-order valence-electron chi connectivity index (χ2n) is 5.99. The molecule has 0 atom stereocenters. The molecule has 0 unspecified atom stereocenters. The number of rotatable bonds is 7. The maximum atomic E-state index is 13.4. The number of nitrogens with zero attached hydrogens (tertiary/aromatic N) is 1. The van der Waals surface area contributed by atoms with Gasteiger partial charge in [-0.3, -0.25) is 4.72 Å². The van der Waals surface area contributed by atoms with Crippen LogP contribution in [0.1, 0.15) is 24.1 Å². The highest BCUT2D eigenvalue weighted by molar-refractivity contribution is 7.92. The van der Waals surface area contributed by atoms with E-state index in [1.165, 1.54) is 25.0 Å². The molecule has 0 spiro atoms. The van der Waals surface area contributed by atoms with E-state index >= 15 is 0 Å². The van der Waals surface area contributed by atoms with Crippen molar-refractivity contribution < 1.29 is 17.5 Å². The van der Waals surface area contributed by atoms with Crippen LogP contribution in [0.15, 0.2) is 41.3 Å². The van der Waals surface area contributed by atoms with Gasteiger partial charge in [-0.25, -0.2) is 17.8 Å². The summed E-state index contributed by atoms with van der Waals surface area (Å²) in [6.45, 7) is 2.66. The third-order valence-electron chi connectivity index (χ3n) is 3.79. The van der Waals surface area contributed by atoms with Crippen molar-refractivity contribution in [3.63, 3.8) is 0 Å². The van der Waals surface area contributed by atoms with Crippen LogP contribution in [0.3, 0.4) is 0 Å². The van der Waals surface area contributed by atoms with Crippen molar-refractivity contribution in [3.05, 3.63) is 53.5 Å². The summed E-state index contributed by atoms with van der Waals surface area (Å²) in [5, 5.41) is 0. The zero-order valence-electron chi connectivity index (χ0n) is 13.3. The van der Waals surface area contributed by atoms with Crippen LogP contribution in [-0.4, -0.2) is 20.0 Å². The number of pyridine rings is 1. The zero-order chi connectivity index (χ0) is 17.2. The van der Waals surface area contributed by atoms with Gasteiger partial charge in [0, 0.05) is 6.61 Å². The number of sulfonamides is 1. The van der Waals surface area contributed by atoms with Crippen LogP contribution in [0.4, 0.5) is 10.2 Å². The van der Waals surface area contributed by atoms with Crippen molar-refractivity contribution in [2.24, 2.45) is 5.92 Å². The van der Waals surface area contributed by atoms with Crippen LogP contribution < -0.4 is 4.72 Å². The quantitative estimate of drug-likeness (QED) is 0.832. The van der Waals surface area contributed by atoms with Gasteiger partial charge in [-0.2, -0.15) is 0 Å². The monoisotopic (exact) mass is 350 g/mol. The highest BCUT2D eigenvalue weighted by Crippen LogP contribution is 2.29. The van der Waals surface area contributed by atoms with Crippen molar-refractivity contribution in [2.45, 2.75) is 31.3 Å². The summed E-state index contributed by atoms with van der Waals surface area (Å²) < 4.78 is 46.2. The van der Waals surface area contributed by atoms with E-state index in [4.69, 9.17) is 4.74 Å². The van der Waals surface area contributed by atoms with Gasteiger partial charge >= 0.3 is 0 Å². The summed E-state index contributed by atoms with van der Waals surface area (Å²) >= 11 is 0. The lowest BCUT2D eigenvalue weighted by atomic mass is 10.2. The van der Waals surface area contributed by atoms with Crippen LogP contribution in [-0.2, 0) is 21.4 Å². The Bertz CT molecular complexity index is 835. The summed E-state index contributed by atoms with van der Waals surface area (Å²) in [6, 6.07) is 8.69. The van der Waals surface area contributed by atoms with E-state index in [2.05, 4.69) is 9.71 Å². The summed E-state index contributed by atoms with van der Waals surface area (Å²) in [5.74, 6) is 0.241. The Morgan fingerprint density at radius 1 is 1.29 bits per heavy atom. The molecule has 1 aliphatic carbocycles. The van der Waals surface area contributed by atoms with Gasteiger partial charge in [0.25, 0.3) is 10.0 Å². The standard InChI is InChI=1S/C17H19FN2O3S/c1-12-5-8-14(18)9-16(12)24(21,22)20-17-4-2-3-15(19-17)11-23-10-13-6-7-13/h2-5,8-9,13H,6-7,10-11H2,1H3,(H,19,20). The third kappa shape index (κ3) is 4.30. The number of nitrogens with one attached hydrogen (secondary N) is 1. The highest BCUT2D eigenvalue weighted by atomic mass is 32.2. The number of hydrogen-bond acceptors (Lipinski definition) is 4. The van der Waals surface area contributed by atoms with E-state index in [9.17, 15) is 12.8 Å². The Hall–Kier alpha value is -1.99. The van der Waals surface area contributed by atoms with E-state index in [1.807, 2.05) is 0 Å². The molecule has 1 N–H and O–H groups in total. The fourth-order valence-electron chi connectivity index (χ4n) is 2.29. The first-order chi connectivity index (χ1) is 11.4. The fraction of sp³-hybridized carbons (Fsp3) is 0.353. The van der Waals surface area contributed by atoms with Gasteiger partial charge < -0.3 is 4.74 Å². The second-order valence-corrected chi connectivity index (χ2v) is 7.64. The Morgan fingerprint density at radius 2 is 2.08 bits per heavy atom. The molecule has 1 heterocycles. The first-order valence-electron chi connectivity index (χ1n) is 7.77. The first-order valence-corrected chi connectivity index (χ1v) is 9.25. The third-order valence-corrected chi connectivity index (χ3v) is 5.28. The average Bonchev–Trinajstić information content (AvgIpc) is 3.34. The molecule has 3 rings (SSSR count). The first kappa shape index (κ1) is 16.9. The van der Waals surface area contributed by atoms with Crippen LogP contribution in [0.2, 0.25) is 0 Å². The zero-order valence-corrected chi connectivity index (χ0v) is 14.1. The van der Waals surface area contributed by atoms with E-state index in [0.717, 1.165) is 6.07 Å². The number of hydrogen-bond donors (Lipinski definition) is 1. The molecule has 1 fully saturated rings. The highest BCUT2D eigenvalue weighted by Gasteiger charge is 2.21. The molecule has 0 amide bonds. The summed E-state index contributed by atoms with van der Waals surface area (Å²) in [7, 11) is -3.90. The summed E-state index contributed by atoms with van der Waals surface area (Å²) in [5.41, 5.74) is 1.11. The van der Waals surface area contributed by atoms with Crippen LogP contribution in [0, 0.1) is 18.7 Å². The molecule has 1 saturated carbocycles. The maximum absolute atomic E-state index is 13.4. The van der Waals surface area contributed by atoms with Crippen molar-refractivity contribution >= 4 is 15.8 Å². The minimum Gasteiger partial charge on any atom is -0.375 e. The number of halogens is 1. The average molecular weight is 350 g/mol. The van der Waals surface area contributed by atoms with Crippen molar-refractivity contribution in [3.8, 4) is 0 Å². The smallest absolute Gasteiger partial charge is 0.263 e. The number of benzene rings is 1. The Balaban J connectivity index is 1.73. The van der Waals surface area contributed by atoms with Crippen molar-refractivity contribution in [1.29, 1.82) is 0 Å².